The lowest BCUT2D eigenvalue weighted by Gasteiger charge is -2.26. The first-order valence-corrected chi connectivity index (χ1v) is 10.8. The number of ether oxygens (including phenoxy) is 1. The van der Waals surface area contributed by atoms with Gasteiger partial charge in [-0.3, -0.25) is 14.5 Å². The molecule has 2 aromatic rings. The van der Waals surface area contributed by atoms with E-state index >= 15 is 0 Å². The quantitative estimate of drug-likeness (QED) is 0.638. The molecule has 0 radical (unpaired) electrons. The summed E-state index contributed by atoms with van der Waals surface area (Å²) in [7, 11) is 0. The SMILES string of the molecule is CCOc1ccc(NC(=O)c2ccc(NC(=O)CN(CC)C3CCCC3)cc2)cc1. The van der Waals surface area contributed by atoms with Gasteiger partial charge in [0, 0.05) is 23.0 Å². The number of anilines is 2. The Morgan fingerprint density at radius 2 is 1.53 bits per heavy atom. The number of amides is 2. The van der Waals surface area contributed by atoms with Crippen molar-refractivity contribution >= 4 is 23.2 Å². The summed E-state index contributed by atoms with van der Waals surface area (Å²) in [5.74, 6) is 0.552. The molecule has 0 aromatic heterocycles. The van der Waals surface area contributed by atoms with E-state index in [9.17, 15) is 9.59 Å². The monoisotopic (exact) mass is 409 g/mol. The van der Waals surface area contributed by atoms with Crippen LogP contribution in [0.15, 0.2) is 48.5 Å². The second-order valence-electron chi connectivity index (χ2n) is 7.54. The van der Waals surface area contributed by atoms with Crippen LogP contribution in [0.2, 0.25) is 0 Å². The first-order chi connectivity index (χ1) is 14.6. The molecule has 0 unspecified atom stereocenters. The summed E-state index contributed by atoms with van der Waals surface area (Å²) in [5, 5.41) is 5.80. The number of rotatable bonds is 9. The van der Waals surface area contributed by atoms with Crippen LogP contribution in [0.25, 0.3) is 0 Å². The highest BCUT2D eigenvalue weighted by atomic mass is 16.5. The van der Waals surface area contributed by atoms with Crippen LogP contribution in [0.3, 0.4) is 0 Å². The fraction of sp³-hybridized carbons (Fsp3) is 0.417. The zero-order valence-corrected chi connectivity index (χ0v) is 17.8. The summed E-state index contributed by atoms with van der Waals surface area (Å²) >= 11 is 0. The van der Waals surface area contributed by atoms with Crippen molar-refractivity contribution in [2.75, 3.05) is 30.3 Å². The normalized spacial score (nSPS) is 14.0. The van der Waals surface area contributed by atoms with Crippen LogP contribution in [-0.2, 0) is 4.79 Å². The number of benzene rings is 2. The van der Waals surface area contributed by atoms with Crippen molar-refractivity contribution in [1.82, 2.24) is 4.90 Å². The summed E-state index contributed by atoms with van der Waals surface area (Å²) in [6, 6.07) is 14.7. The number of carbonyl (C=O) groups is 2. The maximum absolute atomic E-state index is 12.5. The van der Waals surface area contributed by atoms with Gasteiger partial charge in [-0.25, -0.2) is 0 Å². The summed E-state index contributed by atoms with van der Waals surface area (Å²) in [5.41, 5.74) is 1.93. The molecule has 1 fully saturated rings. The van der Waals surface area contributed by atoms with E-state index in [-0.39, 0.29) is 11.8 Å². The van der Waals surface area contributed by atoms with Crippen LogP contribution in [0.5, 0.6) is 5.75 Å². The van der Waals surface area contributed by atoms with Crippen molar-refractivity contribution in [2.45, 2.75) is 45.6 Å². The highest BCUT2D eigenvalue weighted by Gasteiger charge is 2.23. The zero-order chi connectivity index (χ0) is 21.3. The molecular weight excluding hydrogens is 378 g/mol. The topological polar surface area (TPSA) is 70.7 Å². The minimum atomic E-state index is -0.199. The van der Waals surface area contributed by atoms with Crippen LogP contribution < -0.4 is 15.4 Å². The maximum Gasteiger partial charge on any atom is 0.255 e. The third kappa shape index (κ3) is 6.07. The smallest absolute Gasteiger partial charge is 0.255 e. The zero-order valence-electron chi connectivity index (χ0n) is 17.8. The highest BCUT2D eigenvalue weighted by molar-refractivity contribution is 6.04. The van der Waals surface area contributed by atoms with E-state index in [0.29, 0.717) is 36.1 Å². The summed E-state index contributed by atoms with van der Waals surface area (Å²) < 4.78 is 5.40. The lowest BCUT2D eigenvalue weighted by Crippen LogP contribution is -2.39. The van der Waals surface area contributed by atoms with Crippen LogP contribution in [-0.4, -0.2) is 42.5 Å². The lowest BCUT2D eigenvalue weighted by atomic mass is 10.2. The van der Waals surface area contributed by atoms with E-state index < -0.39 is 0 Å². The number of nitrogens with one attached hydrogen (secondary N) is 2. The van der Waals surface area contributed by atoms with Gasteiger partial charge in [0.15, 0.2) is 0 Å². The van der Waals surface area contributed by atoms with Gasteiger partial charge in [-0.2, -0.15) is 0 Å². The predicted octanol–water partition coefficient (Wildman–Crippen LogP) is 4.54. The lowest BCUT2D eigenvalue weighted by molar-refractivity contribution is -0.117. The van der Waals surface area contributed by atoms with Gasteiger partial charge in [0.05, 0.1) is 13.2 Å². The van der Waals surface area contributed by atoms with E-state index in [0.717, 1.165) is 12.3 Å². The first-order valence-electron chi connectivity index (χ1n) is 10.8. The van der Waals surface area contributed by atoms with Gasteiger partial charge in [0.1, 0.15) is 5.75 Å². The molecule has 160 valence electrons. The molecule has 6 heteroatoms. The molecule has 2 amide bonds. The standard InChI is InChI=1S/C24H31N3O3/c1-3-27(21-7-5-6-8-21)17-23(28)25-19-11-9-18(10-12-19)24(29)26-20-13-15-22(16-14-20)30-4-2/h9-16,21H,3-8,17H2,1-2H3,(H,25,28)(H,26,29). The Labute approximate surface area is 178 Å². The van der Waals surface area contributed by atoms with Crippen LogP contribution >= 0.6 is 0 Å². The van der Waals surface area contributed by atoms with Gasteiger partial charge in [0.2, 0.25) is 5.91 Å². The Morgan fingerprint density at radius 3 is 2.13 bits per heavy atom. The van der Waals surface area contributed by atoms with Crippen molar-refractivity contribution in [3.63, 3.8) is 0 Å². The third-order valence-corrected chi connectivity index (χ3v) is 5.45. The number of carbonyl (C=O) groups excluding carboxylic acids is 2. The van der Waals surface area contributed by atoms with Gasteiger partial charge in [-0.15, -0.1) is 0 Å². The number of likely N-dealkylation sites (N-methyl/N-ethyl adjacent to an activating group) is 1. The van der Waals surface area contributed by atoms with Crippen LogP contribution in [0.4, 0.5) is 11.4 Å². The van der Waals surface area contributed by atoms with Crippen molar-refractivity contribution in [3.05, 3.63) is 54.1 Å². The number of hydrogen-bond donors (Lipinski definition) is 2. The second kappa shape index (κ2) is 10.8. The Morgan fingerprint density at radius 1 is 0.933 bits per heavy atom. The van der Waals surface area contributed by atoms with E-state index in [4.69, 9.17) is 4.74 Å². The molecular formula is C24H31N3O3. The van der Waals surface area contributed by atoms with E-state index in [1.807, 2.05) is 19.1 Å². The molecule has 1 aliphatic rings. The molecule has 1 aliphatic carbocycles. The Balaban J connectivity index is 1.52. The fourth-order valence-corrected chi connectivity index (χ4v) is 3.86. The number of nitrogens with zero attached hydrogens (tertiary/aromatic N) is 1. The van der Waals surface area contributed by atoms with E-state index in [2.05, 4.69) is 22.5 Å². The van der Waals surface area contributed by atoms with E-state index in [1.54, 1.807) is 36.4 Å². The van der Waals surface area contributed by atoms with Gasteiger partial charge < -0.3 is 15.4 Å². The molecule has 0 atom stereocenters. The van der Waals surface area contributed by atoms with Crippen LogP contribution in [0, 0.1) is 0 Å². The van der Waals surface area contributed by atoms with E-state index in [1.165, 1.54) is 25.7 Å². The van der Waals surface area contributed by atoms with Crippen molar-refractivity contribution in [2.24, 2.45) is 0 Å². The first kappa shape index (κ1) is 21.8. The summed E-state index contributed by atoms with van der Waals surface area (Å²) in [6.45, 7) is 5.91. The average Bonchev–Trinajstić information content (AvgIpc) is 3.29. The molecule has 0 spiro atoms. The molecule has 0 aliphatic heterocycles. The van der Waals surface area contributed by atoms with Crippen LogP contribution in [0.1, 0.15) is 49.9 Å². The van der Waals surface area contributed by atoms with Gasteiger partial charge in [-0.05, 0) is 74.8 Å². The Kier molecular flexibility index (Phi) is 7.85. The molecule has 1 saturated carbocycles. The summed E-state index contributed by atoms with van der Waals surface area (Å²) in [4.78, 5) is 27.1. The van der Waals surface area contributed by atoms with Gasteiger partial charge in [-0.1, -0.05) is 19.8 Å². The second-order valence-corrected chi connectivity index (χ2v) is 7.54. The molecule has 2 N–H and O–H groups in total. The molecule has 6 nitrogen and oxygen atoms in total. The Hall–Kier alpha value is -2.86. The minimum Gasteiger partial charge on any atom is -0.494 e. The number of hydrogen-bond acceptors (Lipinski definition) is 4. The maximum atomic E-state index is 12.5. The minimum absolute atomic E-state index is 0.0182. The largest absolute Gasteiger partial charge is 0.494 e. The highest BCUT2D eigenvalue weighted by Crippen LogP contribution is 2.23. The molecule has 0 bridgehead atoms. The van der Waals surface area contributed by atoms with Gasteiger partial charge >= 0.3 is 0 Å². The van der Waals surface area contributed by atoms with Crippen molar-refractivity contribution < 1.29 is 14.3 Å². The molecule has 0 heterocycles. The summed E-state index contributed by atoms with van der Waals surface area (Å²) in [6.07, 6.45) is 4.87. The van der Waals surface area contributed by atoms with Crippen molar-refractivity contribution in [3.8, 4) is 5.75 Å². The molecule has 2 aromatic carbocycles. The molecule has 30 heavy (non-hydrogen) atoms. The fourth-order valence-electron chi connectivity index (χ4n) is 3.86. The predicted molar refractivity (Wildman–Crippen MR) is 120 cm³/mol. The molecule has 0 saturated heterocycles. The molecule has 3 rings (SSSR count). The van der Waals surface area contributed by atoms with Gasteiger partial charge in [0.25, 0.3) is 5.91 Å². The Bertz CT molecular complexity index is 828. The van der Waals surface area contributed by atoms with Crippen molar-refractivity contribution in [1.29, 1.82) is 0 Å². The third-order valence-electron chi connectivity index (χ3n) is 5.45. The average molecular weight is 410 g/mol.